The van der Waals surface area contributed by atoms with Crippen molar-refractivity contribution >= 4 is 22.6 Å². The lowest BCUT2D eigenvalue weighted by atomic mass is 9.55. The summed E-state index contributed by atoms with van der Waals surface area (Å²) in [4.78, 5) is 27.8. The highest BCUT2D eigenvalue weighted by Gasteiger charge is 2.66. The van der Waals surface area contributed by atoms with Crippen molar-refractivity contribution < 1.29 is 43.5 Å². The van der Waals surface area contributed by atoms with Crippen molar-refractivity contribution in [3.8, 4) is 11.5 Å². The van der Waals surface area contributed by atoms with Gasteiger partial charge in [0.2, 0.25) is 12.1 Å². The first-order chi connectivity index (χ1) is 32.9. The summed E-state index contributed by atoms with van der Waals surface area (Å²) in [5.74, 6) is -0.803. The fraction of sp³-hybridized carbons (Fsp3) is 0.473. The van der Waals surface area contributed by atoms with Crippen LogP contribution < -0.4 is 9.47 Å². The molecule has 7 atom stereocenters. The Morgan fingerprint density at radius 3 is 2.58 bits per heavy atom. The van der Waals surface area contributed by atoms with Crippen LogP contribution in [0.3, 0.4) is 0 Å². The third kappa shape index (κ3) is 10.9. The van der Waals surface area contributed by atoms with Crippen LogP contribution in [-0.4, -0.2) is 83.1 Å². The van der Waals surface area contributed by atoms with Gasteiger partial charge in [-0.15, -0.1) is 13.2 Å². The van der Waals surface area contributed by atoms with Crippen molar-refractivity contribution in [2.75, 3.05) is 33.0 Å². The monoisotopic (exact) mass is 913 g/mol. The number of aliphatic hydroxyl groups excluding tert-OH is 2. The summed E-state index contributed by atoms with van der Waals surface area (Å²) < 4.78 is 33.4. The topological polar surface area (TPSA) is 141 Å². The largest absolute Gasteiger partial charge is 0.487 e. The molecule has 2 fully saturated rings. The third-order valence-electron chi connectivity index (χ3n) is 13.8. The van der Waals surface area contributed by atoms with E-state index in [1.165, 1.54) is 0 Å². The van der Waals surface area contributed by atoms with Gasteiger partial charge in [0.15, 0.2) is 0 Å². The van der Waals surface area contributed by atoms with Gasteiger partial charge in [-0.2, -0.15) is 0 Å². The molecule has 0 spiro atoms. The molecule has 1 saturated carbocycles. The van der Waals surface area contributed by atoms with E-state index in [0.717, 1.165) is 77.4 Å². The molecule has 1 aromatic heterocycles. The summed E-state index contributed by atoms with van der Waals surface area (Å²) in [5.41, 5.74) is 5.28. The lowest BCUT2D eigenvalue weighted by Crippen LogP contribution is -2.70. The molecule has 12 heteroatoms. The van der Waals surface area contributed by atoms with Gasteiger partial charge in [0.25, 0.3) is 0 Å². The third-order valence-corrected chi connectivity index (χ3v) is 13.8. The fourth-order valence-electron chi connectivity index (χ4n) is 10.7. The Hall–Kier alpha value is -5.53. The van der Waals surface area contributed by atoms with E-state index in [-0.39, 0.29) is 63.8 Å². The number of rotatable bonds is 22. The maximum Gasteiger partial charge on any atom is 0.410 e. The molecule has 4 aromatic rings. The van der Waals surface area contributed by atoms with Crippen LogP contribution in [0.4, 0.5) is 4.79 Å². The number of fused-ring (bicyclic) bond motifs is 3. The Morgan fingerprint density at radius 2 is 1.79 bits per heavy atom. The number of aromatic nitrogens is 1. The minimum atomic E-state index is -1.47. The second-order valence-electron chi connectivity index (χ2n) is 18.2. The van der Waals surface area contributed by atoms with E-state index >= 15 is 4.79 Å². The number of hydrogen-bond acceptors (Lipinski definition) is 11. The Kier molecular flexibility index (Phi) is 16.4. The van der Waals surface area contributed by atoms with Crippen LogP contribution >= 0.6 is 0 Å². The Bertz CT molecular complexity index is 2370. The molecule has 0 radical (unpaired) electrons. The van der Waals surface area contributed by atoms with Gasteiger partial charge in [0.05, 0.1) is 43.7 Å². The minimum absolute atomic E-state index is 0.0377. The quantitative estimate of drug-likeness (QED) is 0.0445. The number of aryl methyl sites for hydroxylation is 1. The number of aliphatic hydroxyl groups is 2. The molecule has 8 rings (SSSR count). The smallest absolute Gasteiger partial charge is 0.410 e. The normalized spacial score (nSPS) is 24.7. The Morgan fingerprint density at radius 1 is 0.970 bits per heavy atom. The summed E-state index contributed by atoms with van der Waals surface area (Å²) in [5, 5.41) is 27.2. The van der Waals surface area contributed by atoms with Gasteiger partial charge in [-0.1, -0.05) is 84.8 Å². The van der Waals surface area contributed by atoms with Gasteiger partial charge in [0, 0.05) is 43.2 Å². The predicted octanol–water partition coefficient (Wildman–Crippen LogP) is 10.5. The molecule has 1 amide bonds. The molecule has 1 unspecified atom stereocenters. The van der Waals surface area contributed by atoms with Crippen molar-refractivity contribution in [2.45, 2.75) is 115 Å². The second kappa shape index (κ2) is 23.0. The number of pyridine rings is 1. The van der Waals surface area contributed by atoms with E-state index in [4.69, 9.17) is 33.7 Å². The zero-order valence-electron chi connectivity index (χ0n) is 38.9. The molecule has 67 heavy (non-hydrogen) atoms. The predicted molar refractivity (Wildman–Crippen MR) is 259 cm³/mol. The molecule has 0 bridgehead atoms. The van der Waals surface area contributed by atoms with Gasteiger partial charge in [-0.05, 0) is 116 Å². The molecular weight excluding hydrogens is 847 g/mol. The summed E-state index contributed by atoms with van der Waals surface area (Å²) in [7, 11) is 0. The Balaban J connectivity index is 1.33. The Labute approximate surface area is 395 Å². The SMILES string of the molecule is C=CCCOC(=O)N(Cc1cccc2ccccc12)[C@H]1CC(=NOC2CCCCO2)C2=C[C@H](CCCCO)[C@@H](CCCCO)[C@@H]3c4cc(OCc5cccc(C)n5)ccc4O[C@@]1(OCC=C)[C@H]23. The minimum Gasteiger partial charge on any atom is -0.487 e. The number of ether oxygens (including phenoxy) is 5. The summed E-state index contributed by atoms with van der Waals surface area (Å²) in [6.07, 6.45) is 12.7. The van der Waals surface area contributed by atoms with E-state index in [9.17, 15) is 10.2 Å². The number of unbranched alkanes of at least 4 members (excludes halogenated alkanes) is 2. The molecule has 1 saturated heterocycles. The zero-order valence-corrected chi connectivity index (χ0v) is 38.9. The van der Waals surface area contributed by atoms with E-state index in [0.29, 0.717) is 49.5 Å². The number of amides is 1. The van der Waals surface area contributed by atoms with Crippen molar-refractivity contribution in [3.63, 3.8) is 0 Å². The molecule has 12 nitrogen and oxygen atoms in total. The molecule has 2 aliphatic carbocycles. The number of benzene rings is 3. The molecule has 2 N–H and O–H groups in total. The fourth-order valence-corrected chi connectivity index (χ4v) is 10.7. The van der Waals surface area contributed by atoms with E-state index in [1.54, 1.807) is 17.1 Å². The number of nitrogens with zero attached hydrogens (tertiary/aromatic N) is 3. The van der Waals surface area contributed by atoms with Gasteiger partial charge < -0.3 is 38.7 Å². The van der Waals surface area contributed by atoms with Crippen LogP contribution in [0.25, 0.3) is 10.8 Å². The van der Waals surface area contributed by atoms with Crippen LogP contribution in [0.5, 0.6) is 11.5 Å². The van der Waals surface area contributed by atoms with Gasteiger partial charge in [-0.25, -0.2) is 4.79 Å². The highest BCUT2D eigenvalue weighted by atomic mass is 16.8. The van der Waals surface area contributed by atoms with Crippen LogP contribution in [0.15, 0.2) is 121 Å². The van der Waals surface area contributed by atoms with Gasteiger partial charge >= 0.3 is 6.09 Å². The summed E-state index contributed by atoms with van der Waals surface area (Å²) in [6, 6.07) is 25.4. The lowest BCUT2D eigenvalue weighted by Gasteiger charge is -2.60. The second-order valence-corrected chi connectivity index (χ2v) is 18.2. The van der Waals surface area contributed by atoms with Gasteiger partial charge in [-0.3, -0.25) is 9.88 Å². The molecular formula is C55H67N3O9. The number of hydrogen-bond donors (Lipinski definition) is 2. The van der Waals surface area contributed by atoms with Crippen LogP contribution in [0.2, 0.25) is 0 Å². The number of carbonyl (C=O) groups is 1. The standard InChI is InChI=1S/C55H67N3O9/c1-4-6-31-63-54(61)58(36-41-21-16-20-39-18-7-8-23-44(39)41)50-35-48(57-67-51-25-11-14-32-62-51)46-33-40(19-9-12-28-59)45(24-10-13-29-60)52-47-34-43(64-37-42-22-15-17-38(3)56-42)26-27-49(47)66-55(50,53(46)52)65-30-5-2/h4-5,7-8,15-18,20-23,26-27,33-34,40,45,50-53,59-60H,1-2,6,9-14,19,24-25,28-32,35-37H2,3H3/t40-,45+,50-,51?,52+,53+,55+/m0/s1. The molecule has 3 aromatic carbocycles. The highest BCUT2D eigenvalue weighted by molar-refractivity contribution is 6.03. The first-order valence-corrected chi connectivity index (χ1v) is 24.3. The van der Waals surface area contributed by atoms with E-state index < -0.39 is 30.1 Å². The maximum absolute atomic E-state index is 15.0. The molecule has 3 heterocycles. The van der Waals surface area contributed by atoms with E-state index in [1.807, 2.05) is 55.5 Å². The van der Waals surface area contributed by atoms with Crippen LogP contribution in [0.1, 0.15) is 99.1 Å². The van der Waals surface area contributed by atoms with Crippen LogP contribution in [0, 0.1) is 24.7 Å². The van der Waals surface area contributed by atoms with Crippen molar-refractivity contribution in [2.24, 2.45) is 22.9 Å². The van der Waals surface area contributed by atoms with Crippen molar-refractivity contribution in [1.82, 2.24) is 9.88 Å². The first kappa shape index (κ1) is 47.9. The molecule has 356 valence electrons. The molecule has 4 aliphatic rings. The van der Waals surface area contributed by atoms with Crippen molar-refractivity contribution in [1.29, 1.82) is 0 Å². The number of allylic oxidation sites excluding steroid dienone is 1. The van der Waals surface area contributed by atoms with Gasteiger partial charge in [0.1, 0.15) is 24.1 Å². The lowest BCUT2D eigenvalue weighted by molar-refractivity contribution is -0.256. The highest BCUT2D eigenvalue weighted by Crippen LogP contribution is 2.62. The average molecular weight is 914 g/mol. The van der Waals surface area contributed by atoms with E-state index in [2.05, 4.69) is 54.5 Å². The van der Waals surface area contributed by atoms with Crippen LogP contribution in [-0.2, 0) is 32.2 Å². The molecule has 2 aliphatic heterocycles. The maximum atomic E-state index is 15.0. The first-order valence-electron chi connectivity index (χ1n) is 24.3. The summed E-state index contributed by atoms with van der Waals surface area (Å²) in [6.45, 7) is 11.5. The summed E-state index contributed by atoms with van der Waals surface area (Å²) >= 11 is 0. The van der Waals surface area contributed by atoms with Crippen molar-refractivity contribution in [3.05, 3.63) is 138 Å². The number of carbonyl (C=O) groups excluding carboxylic acids is 1. The zero-order chi connectivity index (χ0) is 46.6. The average Bonchev–Trinajstić information content (AvgIpc) is 3.35. The number of oxime groups is 1.